The second kappa shape index (κ2) is 6.70. The number of rotatable bonds is 3. The van der Waals surface area contributed by atoms with Gasteiger partial charge in [-0.25, -0.2) is 9.07 Å². The molecule has 138 valence electrons. The highest BCUT2D eigenvalue weighted by Crippen LogP contribution is 2.26. The summed E-state index contributed by atoms with van der Waals surface area (Å²) in [5.41, 5.74) is 2.19. The van der Waals surface area contributed by atoms with Gasteiger partial charge in [-0.15, -0.1) is 5.10 Å². The van der Waals surface area contributed by atoms with Crippen LogP contribution >= 0.6 is 23.6 Å². The monoisotopic (exact) mass is 399 g/mol. The second-order valence-electron chi connectivity index (χ2n) is 6.69. The third-order valence-corrected chi connectivity index (χ3v) is 6.42. The molecule has 0 bridgehead atoms. The molecule has 5 nitrogen and oxygen atoms in total. The number of aromatic nitrogens is 3. The van der Waals surface area contributed by atoms with Crippen molar-refractivity contribution >= 4 is 44.4 Å². The molecule has 5 rings (SSSR count). The van der Waals surface area contributed by atoms with Gasteiger partial charge in [0.05, 0.1) is 16.9 Å². The van der Waals surface area contributed by atoms with Crippen molar-refractivity contribution in [2.24, 2.45) is 0 Å². The van der Waals surface area contributed by atoms with Crippen LogP contribution in [0.1, 0.15) is 0 Å². The van der Waals surface area contributed by atoms with Crippen LogP contribution < -0.4 is 4.90 Å². The van der Waals surface area contributed by atoms with Crippen molar-refractivity contribution < 1.29 is 4.39 Å². The number of piperazine rings is 1. The molecule has 8 heteroatoms. The van der Waals surface area contributed by atoms with Crippen LogP contribution in [0.15, 0.2) is 48.5 Å². The molecule has 0 amide bonds. The number of fused-ring (bicyclic) bond motifs is 3. The molecule has 1 aliphatic heterocycles. The molecule has 0 unspecified atom stereocenters. The van der Waals surface area contributed by atoms with Crippen molar-refractivity contribution in [3.05, 3.63) is 59.1 Å². The lowest BCUT2D eigenvalue weighted by Crippen LogP contribution is -2.47. The van der Waals surface area contributed by atoms with Crippen LogP contribution in [0.2, 0.25) is 0 Å². The van der Waals surface area contributed by atoms with Crippen LogP contribution in [-0.2, 0) is 6.67 Å². The van der Waals surface area contributed by atoms with Crippen LogP contribution in [0, 0.1) is 10.6 Å². The van der Waals surface area contributed by atoms with Crippen LogP contribution in [-0.4, -0.2) is 45.3 Å². The van der Waals surface area contributed by atoms with E-state index in [9.17, 15) is 4.39 Å². The normalized spacial score (nSPS) is 15.8. The number of hydrogen-bond acceptors (Lipinski definition) is 5. The zero-order chi connectivity index (χ0) is 18.4. The Labute approximate surface area is 164 Å². The predicted octanol–water partition coefficient (Wildman–Crippen LogP) is 4.00. The van der Waals surface area contributed by atoms with E-state index in [1.54, 1.807) is 11.3 Å². The van der Waals surface area contributed by atoms with Crippen molar-refractivity contribution in [3.63, 3.8) is 0 Å². The van der Waals surface area contributed by atoms with Gasteiger partial charge in [-0.3, -0.25) is 9.30 Å². The summed E-state index contributed by atoms with van der Waals surface area (Å²) in [6.45, 7) is 4.35. The summed E-state index contributed by atoms with van der Waals surface area (Å²) < 4.78 is 19.0. The lowest BCUT2D eigenvalue weighted by molar-refractivity contribution is 0.195. The molecule has 1 fully saturated rings. The minimum Gasteiger partial charge on any atom is -0.369 e. The average Bonchev–Trinajstić information content (AvgIpc) is 3.20. The maximum atomic E-state index is 13.1. The Bertz CT molecular complexity index is 1150. The van der Waals surface area contributed by atoms with Crippen LogP contribution in [0.5, 0.6) is 0 Å². The highest BCUT2D eigenvalue weighted by Gasteiger charge is 2.19. The van der Waals surface area contributed by atoms with E-state index in [4.69, 9.17) is 17.3 Å². The molecule has 0 radical (unpaired) electrons. The van der Waals surface area contributed by atoms with E-state index in [0.29, 0.717) is 6.67 Å². The second-order valence-corrected chi connectivity index (χ2v) is 8.07. The highest BCUT2D eigenvalue weighted by molar-refractivity contribution is 7.71. The smallest absolute Gasteiger partial charge is 0.216 e. The van der Waals surface area contributed by atoms with Crippen molar-refractivity contribution in [2.75, 3.05) is 31.1 Å². The average molecular weight is 400 g/mol. The van der Waals surface area contributed by atoms with Gasteiger partial charge in [-0.2, -0.15) is 0 Å². The van der Waals surface area contributed by atoms with E-state index in [-0.39, 0.29) is 5.82 Å². The molecular weight excluding hydrogens is 381 g/mol. The van der Waals surface area contributed by atoms with E-state index in [0.717, 1.165) is 47.1 Å². The number of para-hydroxylation sites is 1. The fourth-order valence-electron chi connectivity index (χ4n) is 3.57. The zero-order valence-corrected chi connectivity index (χ0v) is 16.2. The predicted molar refractivity (Wildman–Crippen MR) is 110 cm³/mol. The van der Waals surface area contributed by atoms with Crippen LogP contribution in [0.25, 0.3) is 15.2 Å². The molecule has 3 heterocycles. The fourth-order valence-corrected chi connectivity index (χ4v) is 4.93. The largest absolute Gasteiger partial charge is 0.369 e. The summed E-state index contributed by atoms with van der Waals surface area (Å²) in [7, 11) is 0. The van der Waals surface area contributed by atoms with Gasteiger partial charge in [-0.05, 0) is 48.6 Å². The molecule has 0 atom stereocenters. The van der Waals surface area contributed by atoms with Crippen molar-refractivity contribution in [1.29, 1.82) is 0 Å². The fraction of sp³-hybridized carbons (Fsp3) is 0.263. The lowest BCUT2D eigenvalue weighted by atomic mass is 10.2. The maximum absolute atomic E-state index is 13.1. The Hall–Kier alpha value is -2.29. The van der Waals surface area contributed by atoms with E-state index < -0.39 is 0 Å². The van der Waals surface area contributed by atoms with E-state index in [1.807, 2.05) is 28.9 Å². The number of thiazole rings is 1. The van der Waals surface area contributed by atoms with Crippen molar-refractivity contribution in [2.45, 2.75) is 6.67 Å². The highest BCUT2D eigenvalue weighted by atomic mass is 32.1. The first kappa shape index (κ1) is 16.9. The Morgan fingerprint density at radius 2 is 1.74 bits per heavy atom. The SMILES string of the molecule is Fc1ccc(N2CCN(Cn3nc4sc5ccccc5n4c3=S)CC2)cc1. The van der Waals surface area contributed by atoms with Gasteiger partial charge in [0, 0.05) is 31.9 Å². The van der Waals surface area contributed by atoms with Crippen molar-refractivity contribution in [1.82, 2.24) is 19.1 Å². The molecule has 0 saturated carbocycles. The summed E-state index contributed by atoms with van der Waals surface area (Å²) >= 11 is 7.35. The number of halogens is 1. The third kappa shape index (κ3) is 3.03. The van der Waals surface area contributed by atoms with E-state index >= 15 is 0 Å². The Kier molecular flexibility index (Phi) is 4.18. The molecule has 0 N–H and O–H groups in total. The van der Waals surface area contributed by atoms with Gasteiger partial charge in [0.25, 0.3) is 0 Å². The van der Waals surface area contributed by atoms with Crippen LogP contribution in [0.4, 0.5) is 10.1 Å². The van der Waals surface area contributed by atoms with E-state index in [1.165, 1.54) is 16.8 Å². The van der Waals surface area contributed by atoms with Crippen molar-refractivity contribution in [3.8, 4) is 0 Å². The molecular formula is C19H18FN5S2. The maximum Gasteiger partial charge on any atom is 0.216 e. The van der Waals surface area contributed by atoms with Gasteiger partial charge in [0.1, 0.15) is 5.82 Å². The summed E-state index contributed by atoms with van der Waals surface area (Å²) in [6, 6.07) is 15.0. The Morgan fingerprint density at radius 3 is 2.52 bits per heavy atom. The number of hydrogen-bond donors (Lipinski definition) is 0. The topological polar surface area (TPSA) is 28.7 Å². The zero-order valence-electron chi connectivity index (χ0n) is 14.6. The molecule has 2 aromatic heterocycles. The molecule has 1 aliphatic rings. The molecule has 27 heavy (non-hydrogen) atoms. The Morgan fingerprint density at radius 1 is 1.00 bits per heavy atom. The third-order valence-electron chi connectivity index (χ3n) is 5.02. The quantitative estimate of drug-likeness (QED) is 0.487. The lowest BCUT2D eigenvalue weighted by Gasteiger charge is -2.35. The molecule has 0 aliphatic carbocycles. The summed E-state index contributed by atoms with van der Waals surface area (Å²) in [6.07, 6.45) is 0. The Balaban J connectivity index is 1.32. The minimum absolute atomic E-state index is 0.195. The van der Waals surface area contributed by atoms with Gasteiger partial charge in [0.2, 0.25) is 9.73 Å². The summed E-state index contributed by atoms with van der Waals surface area (Å²) in [5, 5.41) is 4.73. The summed E-state index contributed by atoms with van der Waals surface area (Å²) in [4.78, 5) is 5.58. The summed E-state index contributed by atoms with van der Waals surface area (Å²) in [5.74, 6) is -0.195. The van der Waals surface area contributed by atoms with Crippen LogP contribution in [0.3, 0.4) is 0 Å². The molecule has 4 aromatic rings. The standard InChI is InChI=1S/C19H18FN5S2/c20-14-5-7-15(8-6-14)23-11-9-22(10-12-23)13-24-19(26)25-16-3-1-2-4-17(16)27-18(25)21-24/h1-8H,9-13H2. The number of anilines is 1. The molecule has 0 spiro atoms. The van der Waals surface area contributed by atoms with Gasteiger partial charge >= 0.3 is 0 Å². The number of benzene rings is 2. The van der Waals surface area contributed by atoms with Gasteiger partial charge < -0.3 is 4.90 Å². The van der Waals surface area contributed by atoms with Gasteiger partial charge in [-0.1, -0.05) is 23.5 Å². The first-order valence-corrected chi connectivity index (χ1v) is 10.1. The van der Waals surface area contributed by atoms with E-state index in [2.05, 4.69) is 26.3 Å². The first-order chi connectivity index (χ1) is 13.2. The minimum atomic E-state index is -0.195. The first-order valence-electron chi connectivity index (χ1n) is 8.89. The molecule has 1 saturated heterocycles. The molecule has 2 aromatic carbocycles. The van der Waals surface area contributed by atoms with Gasteiger partial charge in [0.15, 0.2) is 0 Å². The number of nitrogens with zero attached hydrogens (tertiary/aromatic N) is 5.